The van der Waals surface area contributed by atoms with Crippen LogP contribution in [0.5, 0.6) is 0 Å². The normalized spacial score (nSPS) is 23.6. The molecule has 0 aromatic rings. The molecular weight excluding hydrogens is 254 g/mol. The molecule has 1 nitrogen and oxygen atoms in total. The largest absolute Gasteiger partial charge is 0.317 e. The molecule has 0 bridgehead atoms. The highest BCUT2D eigenvalue weighted by atomic mass is 14.9. The second-order valence-corrected chi connectivity index (χ2v) is 7.44. The van der Waals surface area contributed by atoms with E-state index in [9.17, 15) is 0 Å². The molecule has 1 heteroatoms. The van der Waals surface area contributed by atoms with Crippen LogP contribution >= 0.6 is 0 Å². The molecule has 1 aliphatic carbocycles. The van der Waals surface area contributed by atoms with Crippen LogP contribution in [0.1, 0.15) is 104 Å². The van der Waals surface area contributed by atoms with E-state index in [-0.39, 0.29) is 0 Å². The van der Waals surface area contributed by atoms with Gasteiger partial charge in [-0.15, -0.1) is 0 Å². The van der Waals surface area contributed by atoms with Crippen LogP contribution in [0.15, 0.2) is 0 Å². The molecule has 0 aliphatic heterocycles. The number of hydrogen-bond donors (Lipinski definition) is 1. The van der Waals surface area contributed by atoms with Gasteiger partial charge in [0.25, 0.3) is 0 Å². The third-order valence-electron chi connectivity index (χ3n) is 5.68. The van der Waals surface area contributed by atoms with E-state index in [1.807, 2.05) is 0 Å². The molecule has 1 rings (SSSR count). The fraction of sp³-hybridized carbons (Fsp3) is 1.00. The summed E-state index contributed by atoms with van der Waals surface area (Å²) in [5, 5.41) is 3.61. The fourth-order valence-electron chi connectivity index (χ4n) is 4.20. The minimum atomic E-state index is 0.788. The van der Waals surface area contributed by atoms with E-state index in [1.54, 1.807) is 0 Å². The van der Waals surface area contributed by atoms with E-state index in [4.69, 9.17) is 0 Å². The summed E-state index contributed by atoms with van der Waals surface area (Å²) in [5.41, 5.74) is 0. The summed E-state index contributed by atoms with van der Waals surface area (Å²) in [7, 11) is 2.17. The number of hydrogen-bond acceptors (Lipinski definition) is 1. The van der Waals surface area contributed by atoms with Gasteiger partial charge in [0.1, 0.15) is 0 Å². The van der Waals surface area contributed by atoms with Gasteiger partial charge in [0, 0.05) is 6.04 Å². The molecule has 0 spiro atoms. The van der Waals surface area contributed by atoms with Crippen molar-refractivity contribution in [1.82, 2.24) is 5.32 Å². The predicted octanol–water partition coefficient (Wildman–Crippen LogP) is 6.32. The molecule has 0 saturated heterocycles. The zero-order valence-corrected chi connectivity index (χ0v) is 15.1. The quantitative estimate of drug-likeness (QED) is 0.392. The summed E-state index contributed by atoms with van der Waals surface area (Å²) in [6.45, 7) is 4.76. The van der Waals surface area contributed by atoms with Gasteiger partial charge < -0.3 is 5.32 Å². The van der Waals surface area contributed by atoms with Crippen molar-refractivity contribution >= 4 is 0 Å². The van der Waals surface area contributed by atoms with Crippen LogP contribution in [-0.2, 0) is 0 Å². The molecular formula is C20H41N. The highest BCUT2D eigenvalue weighted by Crippen LogP contribution is 2.35. The Kier molecular flexibility index (Phi) is 11.3. The molecule has 0 heterocycles. The van der Waals surface area contributed by atoms with E-state index in [2.05, 4.69) is 26.2 Å². The van der Waals surface area contributed by atoms with Crippen molar-refractivity contribution in [3.8, 4) is 0 Å². The van der Waals surface area contributed by atoms with Crippen molar-refractivity contribution in [2.24, 2.45) is 11.8 Å². The lowest BCUT2D eigenvalue weighted by atomic mass is 9.87. The molecule has 0 amide bonds. The van der Waals surface area contributed by atoms with Gasteiger partial charge in [-0.25, -0.2) is 0 Å². The first-order valence-electron chi connectivity index (χ1n) is 9.96. The Morgan fingerprint density at radius 1 is 0.857 bits per heavy atom. The van der Waals surface area contributed by atoms with Crippen LogP contribution in [0.4, 0.5) is 0 Å². The molecule has 1 aliphatic rings. The summed E-state index contributed by atoms with van der Waals surface area (Å²) in [6, 6.07) is 0.788. The second kappa shape index (κ2) is 12.5. The van der Waals surface area contributed by atoms with Gasteiger partial charge in [-0.1, -0.05) is 90.9 Å². The van der Waals surface area contributed by atoms with Crippen molar-refractivity contribution in [1.29, 1.82) is 0 Å². The number of nitrogens with one attached hydrogen (secondary N) is 1. The Balaban J connectivity index is 1.93. The third-order valence-corrected chi connectivity index (χ3v) is 5.68. The SMILES string of the molecule is CCCCCCCCCCCCC(NC)C1CCCC1C. The molecule has 3 unspecified atom stereocenters. The van der Waals surface area contributed by atoms with Crippen LogP contribution < -0.4 is 5.32 Å². The smallest absolute Gasteiger partial charge is 0.00948 e. The minimum Gasteiger partial charge on any atom is -0.317 e. The number of unbranched alkanes of at least 4 members (excludes halogenated alkanes) is 9. The molecule has 126 valence electrons. The van der Waals surface area contributed by atoms with E-state index in [1.165, 1.54) is 89.9 Å². The van der Waals surface area contributed by atoms with Gasteiger partial charge >= 0.3 is 0 Å². The van der Waals surface area contributed by atoms with E-state index in [0.29, 0.717) is 0 Å². The lowest BCUT2D eigenvalue weighted by molar-refractivity contribution is 0.289. The van der Waals surface area contributed by atoms with E-state index < -0.39 is 0 Å². The van der Waals surface area contributed by atoms with Crippen LogP contribution in [-0.4, -0.2) is 13.1 Å². The summed E-state index contributed by atoms with van der Waals surface area (Å²) in [4.78, 5) is 0. The fourth-order valence-corrected chi connectivity index (χ4v) is 4.20. The summed E-state index contributed by atoms with van der Waals surface area (Å²) >= 11 is 0. The summed E-state index contributed by atoms with van der Waals surface area (Å²) < 4.78 is 0. The zero-order chi connectivity index (χ0) is 15.3. The lowest BCUT2D eigenvalue weighted by Crippen LogP contribution is -2.34. The maximum atomic E-state index is 3.61. The van der Waals surface area contributed by atoms with Gasteiger partial charge in [0.15, 0.2) is 0 Å². The molecule has 1 fully saturated rings. The summed E-state index contributed by atoms with van der Waals surface area (Å²) in [6.07, 6.45) is 20.3. The van der Waals surface area contributed by atoms with Gasteiger partial charge in [-0.2, -0.15) is 0 Å². The predicted molar refractivity (Wildman–Crippen MR) is 95.8 cm³/mol. The Labute approximate surface area is 134 Å². The van der Waals surface area contributed by atoms with Crippen LogP contribution in [0.25, 0.3) is 0 Å². The van der Waals surface area contributed by atoms with Crippen molar-refractivity contribution < 1.29 is 0 Å². The van der Waals surface area contributed by atoms with Crippen LogP contribution in [0.2, 0.25) is 0 Å². The van der Waals surface area contributed by atoms with E-state index in [0.717, 1.165) is 17.9 Å². The third kappa shape index (κ3) is 8.24. The van der Waals surface area contributed by atoms with Crippen molar-refractivity contribution in [2.75, 3.05) is 7.05 Å². The van der Waals surface area contributed by atoms with Gasteiger partial charge in [0.05, 0.1) is 0 Å². The van der Waals surface area contributed by atoms with Crippen molar-refractivity contribution in [3.05, 3.63) is 0 Å². The summed E-state index contributed by atoms with van der Waals surface area (Å²) in [5.74, 6) is 1.90. The molecule has 21 heavy (non-hydrogen) atoms. The minimum absolute atomic E-state index is 0.788. The molecule has 0 radical (unpaired) electrons. The Morgan fingerprint density at radius 2 is 1.43 bits per heavy atom. The average molecular weight is 296 g/mol. The molecule has 3 atom stereocenters. The van der Waals surface area contributed by atoms with Crippen molar-refractivity contribution in [3.63, 3.8) is 0 Å². The second-order valence-electron chi connectivity index (χ2n) is 7.44. The van der Waals surface area contributed by atoms with E-state index >= 15 is 0 Å². The lowest BCUT2D eigenvalue weighted by Gasteiger charge is -2.26. The van der Waals surface area contributed by atoms with Crippen LogP contribution in [0, 0.1) is 11.8 Å². The highest BCUT2D eigenvalue weighted by molar-refractivity contribution is 4.84. The van der Waals surface area contributed by atoms with Gasteiger partial charge in [0.2, 0.25) is 0 Å². The first-order chi connectivity index (χ1) is 10.3. The standard InChI is InChI=1S/C20H41N/c1-4-5-6-7-8-9-10-11-12-13-17-20(21-3)19-16-14-15-18(19)2/h18-21H,4-17H2,1-3H3. The van der Waals surface area contributed by atoms with Gasteiger partial charge in [-0.05, 0) is 31.7 Å². The molecule has 1 saturated carbocycles. The molecule has 0 aromatic heterocycles. The first-order valence-corrected chi connectivity index (χ1v) is 9.96. The maximum absolute atomic E-state index is 3.61. The van der Waals surface area contributed by atoms with Crippen LogP contribution in [0.3, 0.4) is 0 Å². The average Bonchev–Trinajstić information content (AvgIpc) is 2.91. The topological polar surface area (TPSA) is 12.0 Å². The first kappa shape index (κ1) is 19.0. The Hall–Kier alpha value is -0.0400. The monoisotopic (exact) mass is 295 g/mol. The Morgan fingerprint density at radius 3 is 1.90 bits per heavy atom. The van der Waals surface area contributed by atoms with Gasteiger partial charge in [-0.3, -0.25) is 0 Å². The Bertz CT molecular complexity index is 226. The molecule has 0 aromatic carbocycles. The zero-order valence-electron chi connectivity index (χ0n) is 15.1. The van der Waals surface area contributed by atoms with Crippen molar-refractivity contribution in [2.45, 2.75) is 110 Å². The molecule has 1 N–H and O–H groups in total. The number of rotatable bonds is 13. The maximum Gasteiger partial charge on any atom is 0.00948 e. The highest BCUT2D eigenvalue weighted by Gasteiger charge is 2.29.